The van der Waals surface area contributed by atoms with Crippen LogP contribution in [-0.4, -0.2) is 16.3 Å². The van der Waals surface area contributed by atoms with Gasteiger partial charge in [0, 0.05) is 19.8 Å². The molecule has 0 bridgehead atoms. The zero-order valence-corrected chi connectivity index (χ0v) is 9.62. The summed E-state index contributed by atoms with van der Waals surface area (Å²) in [7, 11) is 1.94. The number of nitrogens with zero attached hydrogens (tertiary/aromatic N) is 2. The van der Waals surface area contributed by atoms with Crippen molar-refractivity contribution in [3.63, 3.8) is 0 Å². The summed E-state index contributed by atoms with van der Waals surface area (Å²) in [5, 5.41) is 7.73. The van der Waals surface area contributed by atoms with E-state index in [1.54, 1.807) is 0 Å². The van der Waals surface area contributed by atoms with Crippen LogP contribution in [0.2, 0.25) is 0 Å². The van der Waals surface area contributed by atoms with E-state index in [-0.39, 0.29) is 0 Å². The number of rotatable bonds is 5. The summed E-state index contributed by atoms with van der Waals surface area (Å²) in [4.78, 5) is 0. The van der Waals surface area contributed by atoms with Crippen molar-refractivity contribution >= 4 is 0 Å². The third-order valence-corrected chi connectivity index (χ3v) is 2.68. The normalized spacial score (nSPS) is 13.5. The summed E-state index contributed by atoms with van der Waals surface area (Å²) in [6.07, 6.45) is 1.98. The van der Waals surface area contributed by atoms with Crippen LogP contribution in [0.25, 0.3) is 0 Å². The van der Waals surface area contributed by atoms with Gasteiger partial charge >= 0.3 is 0 Å². The fraction of sp³-hybridized carbons (Fsp3) is 0.727. The molecule has 0 spiro atoms. The molecule has 1 aromatic rings. The van der Waals surface area contributed by atoms with Gasteiger partial charge in [-0.15, -0.1) is 0 Å². The summed E-state index contributed by atoms with van der Waals surface area (Å²) >= 11 is 0. The Morgan fingerprint density at radius 1 is 1.43 bits per heavy atom. The van der Waals surface area contributed by atoms with Crippen LogP contribution < -0.4 is 5.32 Å². The highest BCUT2D eigenvalue weighted by atomic mass is 15.3. The number of hydrogen-bond acceptors (Lipinski definition) is 2. The van der Waals surface area contributed by atoms with E-state index in [1.165, 1.54) is 0 Å². The van der Waals surface area contributed by atoms with Crippen LogP contribution in [0.3, 0.4) is 0 Å². The van der Waals surface area contributed by atoms with Crippen molar-refractivity contribution < 1.29 is 0 Å². The van der Waals surface area contributed by atoms with E-state index in [4.69, 9.17) is 0 Å². The maximum atomic E-state index is 4.31. The molecule has 1 unspecified atom stereocenters. The van der Waals surface area contributed by atoms with Gasteiger partial charge in [0.05, 0.1) is 5.69 Å². The Labute approximate surface area is 86.5 Å². The van der Waals surface area contributed by atoms with Gasteiger partial charge in [-0.25, -0.2) is 0 Å². The zero-order valence-electron chi connectivity index (χ0n) is 9.62. The molecule has 80 valence electrons. The zero-order chi connectivity index (χ0) is 10.6. The minimum atomic E-state index is 0.721. The molecule has 0 aliphatic carbocycles. The second-order valence-electron chi connectivity index (χ2n) is 4.33. The second kappa shape index (κ2) is 5.15. The van der Waals surface area contributed by atoms with Crippen molar-refractivity contribution in [2.45, 2.75) is 27.3 Å². The molecule has 0 amide bonds. The number of aromatic nitrogens is 2. The van der Waals surface area contributed by atoms with Gasteiger partial charge in [-0.2, -0.15) is 5.10 Å². The predicted octanol–water partition coefficient (Wildman–Crippen LogP) is 1.80. The first-order chi connectivity index (χ1) is 6.59. The van der Waals surface area contributed by atoms with Gasteiger partial charge in [-0.3, -0.25) is 4.68 Å². The van der Waals surface area contributed by atoms with Gasteiger partial charge in [-0.1, -0.05) is 20.8 Å². The Morgan fingerprint density at radius 3 is 2.64 bits per heavy atom. The number of hydrogen-bond donors (Lipinski definition) is 1. The maximum Gasteiger partial charge on any atom is 0.0762 e. The fourth-order valence-corrected chi connectivity index (χ4v) is 1.22. The minimum absolute atomic E-state index is 0.721. The van der Waals surface area contributed by atoms with Crippen LogP contribution in [0, 0.1) is 11.8 Å². The molecule has 0 fully saturated rings. The maximum absolute atomic E-state index is 4.31. The Kier molecular flexibility index (Phi) is 4.14. The molecule has 1 heterocycles. The molecular weight excluding hydrogens is 174 g/mol. The molecule has 0 aromatic carbocycles. The smallest absolute Gasteiger partial charge is 0.0762 e. The summed E-state index contributed by atoms with van der Waals surface area (Å²) in [5.74, 6) is 1.46. The van der Waals surface area contributed by atoms with E-state index in [0.717, 1.165) is 30.6 Å². The van der Waals surface area contributed by atoms with Gasteiger partial charge < -0.3 is 5.32 Å². The van der Waals surface area contributed by atoms with Crippen molar-refractivity contribution in [3.8, 4) is 0 Å². The SMILES string of the molecule is CC(C)C(C)CNCc1ccn(C)n1. The van der Waals surface area contributed by atoms with Crippen LogP contribution in [0.5, 0.6) is 0 Å². The van der Waals surface area contributed by atoms with Gasteiger partial charge in [-0.05, 0) is 24.4 Å². The Bertz CT molecular complexity index is 265. The van der Waals surface area contributed by atoms with Crippen LogP contribution >= 0.6 is 0 Å². The lowest BCUT2D eigenvalue weighted by Crippen LogP contribution is -2.24. The largest absolute Gasteiger partial charge is 0.311 e. The molecular formula is C11H21N3. The van der Waals surface area contributed by atoms with E-state index in [2.05, 4.69) is 31.2 Å². The molecule has 1 rings (SSSR count). The highest BCUT2D eigenvalue weighted by Crippen LogP contribution is 2.07. The molecule has 0 saturated carbocycles. The van der Waals surface area contributed by atoms with Crippen LogP contribution in [0.15, 0.2) is 12.3 Å². The van der Waals surface area contributed by atoms with Gasteiger partial charge in [0.15, 0.2) is 0 Å². The summed E-state index contributed by atoms with van der Waals surface area (Å²) < 4.78 is 1.84. The van der Waals surface area contributed by atoms with Crippen molar-refractivity contribution in [2.75, 3.05) is 6.54 Å². The van der Waals surface area contributed by atoms with E-state index in [0.29, 0.717) is 0 Å². The first-order valence-electron chi connectivity index (χ1n) is 5.29. The molecule has 0 radical (unpaired) electrons. The van der Waals surface area contributed by atoms with Crippen molar-refractivity contribution in [3.05, 3.63) is 18.0 Å². The Balaban J connectivity index is 2.22. The lowest BCUT2D eigenvalue weighted by Gasteiger charge is -2.15. The topological polar surface area (TPSA) is 29.9 Å². The average Bonchev–Trinajstić information content (AvgIpc) is 2.51. The molecule has 3 nitrogen and oxygen atoms in total. The molecule has 1 N–H and O–H groups in total. The molecule has 3 heteroatoms. The van der Waals surface area contributed by atoms with Crippen molar-refractivity contribution in [2.24, 2.45) is 18.9 Å². The highest BCUT2D eigenvalue weighted by molar-refractivity contribution is 4.97. The predicted molar refractivity (Wildman–Crippen MR) is 58.9 cm³/mol. The number of aryl methyl sites for hydroxylation is 1. The van der Waals surface area contributed by atoms with Crippen LogP contribution in [-0.2, 0) is 13.6 Å². The first kappa shape index (κ1) is 11.2. The molecule has 1 aromatic heterocycles. The third kappa shape index (κ3) is 3.50. The standard InChI is InChI=1S/C11H21N3/c1-9(2)10(3)7-12-8-11-5-6-14(4)13-11/h5-6,9-10,12H,7-8H2,1-4H3. The van der Waals surface area contributed by atoms with Crippen molar-refractivity contribution in [1.29, 1.82) is 0 Å². The van der Waals surface area contributed by atoms with Crippen LogP contribution in [0.4, 0.5) is 0 Å². The van der Waals surface area contributed by atoms with Gasteiger partial charge in [0.2, 0.25) is 0 Å². The second-order valence-corrected chi connectivity index (χ2v) is 4.33. The van der Waals surface area contributed by atoms with Gasteiger partial charge in [0.25, 0.3) is 0 Å². The summed E-state index contributed by atoms with van der Waals surface area (Å²) in [5.41, 5.74) is 1.11. The third-order valence-electron chi connectivity index (χ3n) is 2.68. The van der Waals surface area contributed by atoms with E-state index >= 15 is 0 Å². The lowest BCUT2D eigenvalue weighted by atomic mass is 9.98. The average molecular weight is 195 g/mol. The minimum Gasteiger partial charge on any atom is -0.311 e. The quantitative estimate of drug-likeness (QED) is 0.776. The Hall–Kier alpha value is -0.830. The summed E-state index contributed by atoms with van der Waals surface area (Å²) in [6.45, 7) is 8.72. The van der Waals surface area contributed by atoms with Gasteiger partial charge in [0.1, 0.15) is 0 Å². The lowest BCUT2D eigenvalue weighted by molar-refractivity contribution is 0.391. The molecule has 1 atom stereocenters. The van der Waals surface area contributed by atoms with E-state index < -0.39 is 0 Å². The molecule has 0 saturated heterocycles. The molecule has 0 aliphatic rings. The monoisotopic (exact) mass is 195 g/mol. The Morgan fingerprint density at radius 2 is 2.14 bits per heavy atom. The summed E-state index contributed by atoms with van der Waals surface area (Å²) in [6, 6.07) is 2.05. The first-order valence-corrected chi connectivity index (χ1v) is 5.29. The van der Waals surface area contributed by atoms with Crippen LogP contribution in [0.1, 0.15) is 26.5 Å². The number of nitrogens with one attached hydrogen (secondary N) is 1. The highest BCUT2D eigenvalue weighted by Gasteiger charge is 2.06. The van der Waals surface area contributed by atoms with E-state index in [1.807, 2.05) is 24.0 Å². The fourth-order valence-electron chi connectivity index (χ4n) is 1.22. The van der Waals surface area contributed by atoms with Crippen molar-refractivity contribution in [1.82, 2.24) is 15.1 Å². The molecule has 14 heavy (non-hydrogen) atoms. The van der Waals surface area contributed by atoms with E-state index in [9.17, 15) is 0 Å². The molecule has 0 aliphatic heterocycles.